The standard InChI is InChI=1S/C16H20O2/c1-12(2)15(17)18-11-10-13-6-8-14(9-7-13)16(3,4)5/h6-11H,1H2,2-5H3. The summed E-state index contributed by atoms with van der Waals surface area (Å²) in [5.74, 6) is -0.405. The van der Waals surface area contributed by atoms with Crippen LogP contribution in [0.4, 0.5) is 0 Å². The van der Waals surface area contributed by atoms with Crippen molar-refractivity contribution in [2.24, 2.45) is 0 Å². The minimum absolute atomic E-state index is 0.147. The first-order valence-electron chi connectivity index (χ1n) is 5.94. The molecule has 0 amide bonds. The van der Waals surface area contributed by atoms with Crippen LogP contribution in [0.2, 0.25) is 0 Å². The Morgan fingerprint density at radius 3 is 2.22 bits per heavy atom. The van der Waals surface area contributed by atoms with E-state index in [2.05, 4.69) is 39.5 Å². The molecule has 0 N–H and O–H groups in total. The van der Waals surface area contributed by atoms with Gasteiger partial charge in [-0.1, -0.05) is 51.6 Å². The zero-order valence-electron chi connectivity index (χ0n) is 11.5. The minimum atomic E-state index is -0.405. The average molecular weight is 244 g/mol. The molecule has 18 heavy (non-hydrogen) atoms. The molecule has 0 heterocycles. The molecule has 0 aliphatic carbocycles. The zero-order chi connectivity index (χ0) is 13.8. The Balaban J connectivity index is 2.67. The third-order valence-electron chi connectivity index (χ3n) is 2.56. The summed E-state index contributed by atoms with van der Waals surface area (Å²) in [5, 5.41) is 0. The summed E-state index contributed by atoms with van der Waals surface area (Å²) in [6.07, 6.45) is 3.15. The molecule has 0 bridgehead atoms. The predicted octanol–water partition coefficient (Wildman–Crippen LogP) is 4.07. The van der Waals surface area contributed by atoms with Crippen LogP contribution < -0.4 is 0 Å². The van der Waals surface area contributed by atoms with E-state index >= 15 is 0 Å². The first-order valence-corrected chi connectivity index (χ1v) is 5.94. The molecule has 1 aromatic carbocycles. The van der Waals surface area contributed by atoms with Gasteiger partial charge in [-0.3, -0.25) is 0 Å². The second-order valence-corrected chi connectivity index (χ2v) is 5.36. The number of rotatable bonds is 3. The monoisotopic (exact) mass is 244 g/mol. The van der Waals surface area contributed by atoms with Gasteiger partial charge in [0.05, 0.1) is 6.26 Å². The van der Waals surface area contributed by atoms with Crippen molar-refractivity contribution in [2.75, 3.05) is 0 Å². The van der Waals surface area contributed by atoms with Crippen molar-refractivity contribution in [2.45, 2.75) is 33.1 Å². The van der Waals surface area contributed by atoms with Crippen molar-refractivity contribution >= 4 is 12.0 Å². The molecule has 0 saturated carbocycles. The molecule has 2 nitrogen and oxygen atoms in total. The van der Waals surface area contributed by atoms with Crippen molar-refractivity contribution in [1.82, 2.24) is 0 Å². The second-order valence-electron chi connectivity index (χ2n) is 5.36. The number of benzene rings is 1. The van der Waals surface area contributed by atoms with Crippen LogP contribution in [0, 0.1) is 0 Å². The molecule has 96 valence electrons. The number of carbonyl (C=O) groups is 1. The first-order chi connectivity index (χ1) is 8.30. The SMILES string of the molecule is C=C(C)C(=O)OC=Cc1ccc(C(C)(C)C)cc1. The van der Waals surface area contributed by atoms with Gasteiger partial charge in [0.2, 0.25) is 0 Å². The molecule has 0 spiro atoms. The smallest absolute Gasteiger partial charge is 0.337 e. The molecule has 1 rings (SSSR count). The van der Waals surface area contributed by atoms with Crippen molar-refractivity contribution in [1.29, 1.82) is 0 Å². The van der Waals surface area contributed by atoms with E-state index in [0.717, 1.165) is 5.56 Å². The van der Waals surface area contributed by atoms with Gasteiger partial charge < -0.3 is 4.74 Å². The van der Waals surface area contributed by atoms with Gasteiger partial charge in [0.25, 0.3) is 0 Å². The largest absolute Gasteiger partial charge is 0.431 e. The van der Waals surface area contributed by atoms with Gasteiger partial charge in [0.1, 0.15) is 0 Å². The Hall–Kier alpha value is -1.83. The van der Waals surface area contributed by atoms with E-state index in [9.17, 15) is 4.79 Å². The van der Waals surface area contributed by atoms with E-state index in [-0.39, 0.29) is 5.41 Å². The van der Waals surface area contributed by atoms with Crippen LogP contribution in [-0.4, -0.2) is 5.97 Å². The molecule has 0 aliphatic heterocycles. The maximum absolute atomic E-state index is 11.1. The van der Waals surface area contributed by atoms with Gasteiger partial charge in [0, 0.05) is 5.57 Å². The molecule has 0 saturated heterocycles. The third kappa shape index (κ3) is 4.21. The van der Waals surface area contributed by atoms with E-state index < -0.39 is 5.97 Å². The van der Waals surface area contributed by atoms with Crippen molar-refractivity contribution in [3.05, 3.63) is 53.8 Å². The van der Waals surface area contributed by atoms with Crippen LogP contribution in [0.1, 0.15) is 38.8 Å². The highest BCUT2D eigenvalue weighted by atomic mass is 16.5. The Morgan fingerprint density at radius 1 is 1.22 bits per heavy atom. The van der Waals surface area contributed by atoms with Crippen LogP contribution >= 0.6 is 0 Å². The molecule has 0 fully saturated rings. The molecule has 0 radical (unpaired) electrons. The van der Waals surface area contributed by atoms with E-state index in [0.29, 0.717) is 5.57 Å². The Bertz CT molecular complexity index is 459. The molecular formula is C16H20O2. The highest BCUT2D eigenvalue weighted by Crippen LogP contribution is 2.22. The van der Waals surface area contributed by atoms with Gasteiger partial charge in [-0.2, -0.15) is 0 Å². The van der Waals surface area contributed by atoms with E-state index in [1.54, 1.807) is 13.0 Å². The molecule has 0 unspecified atom stereocenters. The van der Waals surface area contributed by atoms with Gasteiger partial charge in [-0.15, -0.1) is 0 Å². The minimum Gasteiger partial charge on any atom is -0.431 e. The highest BCUT2D eigenvalue weighted by molar-refractivity contribution is 5.87. The van der Waals surface area contributed by atoms with Crippen LogP contribution in [-0.2, 0) is 14.9 Å². The number of hydrogen-bond acceptors (Lipinski definition) is 2. The van der Waals surface area contributed by atoms with Crippen LogP contribution in [0.3, 0.4) is 0 Å². The molecule has 2 heteroatoms. The van der Waals surface area contributed by atoms with E-state index in [4.69, 9.17) is 4.74 Å². The summed E-state index contributed by atoms with van der Waals surface area (Å²) in [4.78, 5) is 11.1. The van der Waals surface area contributed by atoms with Crippen LogP contribution in [0.25, 0.3) is 6.08 Å². The maximum Gasteiger partial charge on any atom is 0.337 e. The lowest BCUT2D eigenvalue weighted by Gasteiger charge is -2.18. The summed E-state index contributed by atoms with van der Waals surface area (Å²) in [6.45, 7) is 11.6. The van der Waals surface area contributed by atoms with Gasteiger partial charge >= 0.3 is 5.97 Å². The number of carbonyl (C=O) groups excluding carboxylic acids is 1. The summed E-state index contributed by atoms with van der Waals surface area (Å²) >= 11 is 0. The lowest BCUT2D eigenvalue weighted by atomic mass is 9.87. The Morgan fingerprint density at radius 2 is 1.78 bits per heavy atom. The fourth-order valence-corrected chi connectivity index (χ4v) is 1.37. The average Bonchev–Trinajstić information content (AvgIpc) is 2.28. The Kier molecular flexibility index (Phi) is 4.49. The van der Waals surface area contributed by atoms with Crippen molar-refractivity contribution in [3.8, 4) is 0 Å². The zero-order valence-corrected chi connectivity index (χ0v) is 11.5. The van der Waals surface area contributed by atoms with Crippen LogP contribution in [0.5, 0.6) is 0 Å². The second kappa shape index (κ2) is 5.67. The van der Waals surface area contributed by atoms with Gasteiger partial charge in [-0.05, 0) is 29.5 Å². The fraction of sp³-hybridized carbons (Fsp3) is 0.312. The summed E-state index contributed by atoms with van der Waals surface area (Å²) in [6, 6.07) is 8.18. The normalized spacial score (nSPS) is 11.6. The fourth-order valence-electron chi connectivity index (χ4n) is 1.37. The predicted molar refractivity (Wildman–Crippen MR) is 75.1 cm³/mol. The molecule has 0 aromatic heterocycles. The number of esters is 1. The summed E-state index contributed by atoms with van der Waals surface area (Å²) in [5.41, 5.74) is 2.81. The van der Waals surface area contributed by atoms with E-state index in [1.807, 2.05) is 12.1 Å². The molecular weight excluding hydrogens is 224 g/mol. The maximum atomic E-state index is 11.1. The summed E-state index contributed by atoms with van der Waals surface area (Å²) in [7, 11) is 0. The molecule has 0 aliphatic rings. The Labute approximate surface area is 109 Å². The number of ether oxygens (including phenoxy) is 1. The topological polar surface area (TPSA) is 26.3 Å². The van der Waals surface area contributed by atoms with Crippen LogP contribution in [0.15, 0.2) is 42.7 Å². The highest BCUT2D eigenvalue weighted by Gasteiger charge is 2.12. The van der Waals surface area contributed by atoms with E-state index in [1.165, 1.54) is 11.8 Å². The third-order valence-corrected chi connectivity index (χ3v) is 2.56. The summed E-state index contributed by atoms with van der Waals surface area (Å²) < 4.78 is 4.89. The quantitative estimate of drug-likeness (QED) is 0.455. The van der Waals surface area contributed by atoms with Gasteiger partial charge in [-0.25, -0.2) is 4.79 Å². The number of hydrogen-bond donors (Lipinski definition) is 0. The lowest BCUT2D eigenvalue weighted by molar-refractivity contribution is -0.133. The molecule has 0 atom stereocenters. The molecule has 1 aromatic rings. The van der Waals surface area contributed by atoms with Gasteiger partial charge in [0.15, 0.2) is 0 Å². The first kappa shape index (κ1) is 14.2. The van der Waals surface area contributed by atoms with Crippen molar-refractivity contribution < 1.29 is 9.53 Å². The lowest BCUT2D eigenvalue weighted by Crippen LogP contribution is -2.10. The van der Waals surface area contributed by atoms with Crippen molar-refractivity contribution in [3.63, 3.8) is 0 Å².